The molecule has 0 aromatic carbocycles. The van der Waals surface area contributed by atoms with Crippen LogP contribution in [0.15, 0.2) is 6.07 Å². The van der Waals surface area contributed by atoms with E-state index in [0.29, 0.717) is 6.07 Å². The Labute approximate surface area is 92.1 Å². The number of hydrogen-bond donors (Lipinski definition) is 1. The lowest BCUT2D eigenvalue weighted by molar-refractivity contribution is -0.142. The molecule has 0 spiro atoms. The van der Waals surface area contributed by atoms with Crippen LogP contribution in [-0.2, 0) is 12.6 Å². The molecule has 8 heteroatoms. The molecule has 92 valence electrons. The first kappa shape index (κ1) is 13.2. The fourth-order valence-electron chi connectivity index (χ4n) is 1.15. The Morgan fingerprint density at radius 2 is 2.00 bits per heavy atom. The van der Waals surface area contributed by atoms with E-state index in [-0.39, 0.29) is 0 Å². The van der Waals surface area contributed by atoms with Crippen molar-refractivity contribution in [1.82, 2.24) is 4.98 Å². The number of nitrogens with zero attached hydrogens (tertiary/aromatic N) is 2. The van der Waals surface area contributed by atoms with E-state index in [1.54, 1.807) is 0 Å². The van der Waals surface area contributed by atoms with Crippen LogP contribution in [0.1, 0.15) is 23.4 Å². The zero-order valence-electron chi connectivity index (χ0n) is 8.09. The van der Waals surface area contributed by atoms with Crippen LogP contribution in [0.2, 0.25) is 0 Å². The third kappa shape index (κ3) is 2.81. The van der Waals surface area contributed by atoms with E-state index in [1.165, 1.54) is 6.07 Å². The van der Waals surface area contributed by atoms with E-state index in [2.05, 4.69) is 4.98 Å². The number of nitriles is 1. The minimum atomic E-state index is -5.06. The van der Waals surface area contributed by atoms with Crippen LogP contribution in [0.4, 0.5) is 22.0 Å². The highest BCUT2D eigenvalue weighted by Crippen LogP contribution is 2.39. The van der Waals surface area contributed by atoms with Gasteiger partial charge >= 0.3 is 6.18 Å². The second-order valence-corrected chi connectivity index (χ2v) is 3.03. The van der Waals surface area contributed by atoms with E-state index in [1.807, 2.05) is 0 Å². The summed E-state index contributed by atoms with van der Waals surface area (Å²) in [7, 11) is 0. The first-order valence-corrected chi connectivity index (χ1v) is 4.22. The summed E-state index contributed by atoms with van der Waals surface area (Å²) >= 11 is 0. The molecule has 1 aromatic heterocycles. The van der Waals surface area contributed by atoms with Crippen LogP contribution in [0, 0.1) is 11.3 Å². The summed E-state index contributed by atoms with van der Waals surface area (Å²) < 4.78 is 61.8. The van der Waals surface area contributed by atoms with Crippen molar-refractivity contribution in [3.63, 3.8) is 0 Å². The van der Waals surface area contributed by atoms with Gasteiger partial charge in [-0.25, -0.2) is 13.8 Å². The maximum Gasteiger partial charge on any atom is 0.437 e. The molecule has 17 heavy (non-hydrogen) atoms. The molecule has 1 heterocycles. The standard InChI is InChI=1S/C9H5F5N2O/c10-8(11)5-3-4(1-2-15)16-7(6(5)17)9(12,13)14/h3,8,17H,1H2. The van der Waals surface area contributed by atoms with E-state index >= 15 is 0 Å². The number of hydrogen-bond acceptors (Lipinski definition) is 3. The van der Waals surface area contributed by atoms with Crippen molar-refractivity contribution in [3.05, 3.63) is 23.0 Å². The number of rotatable bonds is 2. The van der Waals surface area contributed by atoms with Crippen LogP contribution in [0.5, 0.6) is 5.75 Å². The lowest BCUT2D eigenvalue weighted by Gasteiger charge is -2.12. The molecule has 1 N–H and O–H groups in total. The van der Waals surface area contributed by atoms with E-state index in [0.717, 1.165) is 0 Å². The molecule has 0 aliphatic heterocycles. The maximum absolute atomic E-state index is 12.4. The van der Waals surface area contributed by atoms with Crippen molar-refractivity contribution in [2.45, 2.75) is 19.0 Å². The molecule has 0 aliphatic carbocycles. The highest BCUT2D eigenvalue weighted by atomic mass is 19.4. The molecule has 0 unspecified atom stereocenters. The number of aromatic hydroxyl groups is 1. The quantitative estimate of drug-likeness (QED) is 0.823. The minimum absolute atomic E-state index is 0.465. The predicted molar refractivity (Wildman–Crippen MR) is 45.2 cm³/mol. The molecule has 0 bridgehead atoms. The maximum atomic E-state index is 12.4. The summed E-state index contributed by atoms with van der Waals surface area (Å²) in [5.41, 5.74) is -3.45. The Balaban J connectivity index is 3.44. The normalized spacial score (nSPS) is 11.6. The molecular formula is C9H5F5N2O. The van der Waals surface area contributed by atoms with Crippen molar-refractivity contribution < 1.29 is 27.1 Å². The van der Waals surface area contributed by atoms with Crippen LogP contribution >= 0.6 is 0 Å². The Morgan fingerprint density at radius 1 is 1.41 bits per heavy atom. The lowest BCUT2D eigenvalue weighted by atomic mass is 10.1. The summed E-state index contributed by atoms with van der Waals surface area (Å²) in [5, 5.41) is 17.3. The first-order chi connectivity index (χ1) is 7.77. The van der Waals surface area contributed by atoms with Gasteiger partial charge in [-0.2, -0.15) is 18.4 Å². The van der Waals surface area contributed by atoms with Crippen molar-refractivity contribution in [1.29, 1.82) is 5.26 Å². The van der Waals surface area contributed by atoms with Crippen molar-refractivity contribution in [2.24, 2.45) is 0 Å². The smallest absolute Gasteiger partial charge is 0.437 e. The largest absolute Gasteiger partial charge is 0.505 e. The van der Waals surface area contributed by atoms with Gasteiger partial charge in [0.25, 0.3) is 6.43 Å². The monoisotopic (exact) mass is 252 g/mol. The van der Waals surface area contributed by atoms with E-state index in [9.17, 15) is 22.0 Å². The van der Waals surface area contributed by atoms with Gasteiger partial charge in [-0.3, -0.25) is 0 Å². The molecule has 3 nitrogen and oxygen atoms in total. The van der Waals surface area contributed by atoms with Gasteiger partial charge in [-0.05, 0) is 6.07 Å². The fourth-order valence-corrected chi connectivity index (χ4v) is 1.15. The Morgan fingerprint density at radius 3 is 2.41 bits per heavy atom. The van der Waals surface area contributed by atoms with Gasteiger partial charge in [-0.1, -0.05) is 0 Å². The average Bonchev–Trinajstić information content (AvgIpc) is 2.18. The van der Waals surface area contributed by atoms with Crippen molar-refractivity contribution in [2.75, 3.05) is 0 Å². The topological polar surface area (TPSA) is 56.9 Å². The fraction of sp³-hybridized carbons (Fsp3) is 0.333. The highest BCUT2D eigenvalue weighted by molar-refractivity contribution is 5.40. The van der Waals surface area contributed by atoms with Gasteiger partial charge < -0.3 is 5.11 Å². The summed E-state index contributed by atoms with van der Waals surface area (Å²) in [6.45, 7) is 0. The van der Waals surface area contributed by atoms with Gasteiger partial charge in [0, 0.05) is 0 Å². The summed E-state index contributed by atoms with van der Waals surface area (Å²) in [6.07, 6.45) is -8.89. The number of halogens is 5. The summed E-state index contributed by atoms with van der Waals surface area (Å²) in [6, 6.07) is 2.07. The Hall–Kier alpha value is -1.91. The SMILES string of the molecule is N#CCc1cc(C(F)F)c(O)c(C(F)(F)F)n1. The van der Waals surface area contributed by atoms with Crippen LogP contribution in [0.25, 0.3) is 0 Å². The second kappa shape index (κ2) is 4.53. The molecule has 0 aliphatic rings. The second-order valence-electron chi connectivity index (χ2n) is 3.03. The van der Waals surface area contributed by atoms with Crippen molar-refractivity contribution in [3.8, 4) is 11.8 Å². The van der Waals surface area contributed by atoms with Crippen LogP contribution in [-0.4, -0.2) is 10.1 Å². The molecule has 0 amide bonds. The molecule has 1 aromatic rings. The Kier molecular flexibility index (Phi) is 3.50. The zero-order valence-corrected chi connectivity index (χ0v) is 8.09. The number of pyridine rings is 1. The molecule has 0 saturated carbocycles. The molecular weight excluding hydrogens is 247 g/mol. The zero-order chi connectivity index (χ0) is 13.2. The van der Waals surface area contributed by atoms with E-state index in [4.69, 9.17) is 10.4 Å². The van der Waals surface area contributed by atoms with Crippen molar-refractivity contribution >= 4 is 0 Å². The van der Waals surface area contributed by atoms with Gasteiger partial charge in [0.2, 0.25) is 0 Å². The van der Waals surface area contributed by atoms with E-state index < -0.39 is 41.7 Å². The molecule has 1 rings (SSSR count). The van der Waals surface area contributed by atoms with Crippen LogP contribution < -0.4 is 0 Å². The van der Waals surface area contributed by atoms with Gasteiger partial charge in [0.05, 0.1) is 23.7 Å². The van der Waals surface area contributed by atoms with Gasteiger partial charge in [0.15, 0.2) is 11.4 Å². The lowest BCUT2D eigenvalue weighted by Crippen LogP contribution is -2.11. The molecule has 0 fully saturated rings. The number of aromatic nitrogens is 1. The van der Waals surface area contributed by atoms with Gasteiger partial charge in [-0.15, -0.1) is 0 Å². The Bertz CT molecular complexity index is 464. The third-order valence-electron chi connectivity index (χ3n) is 1.84. The third-order valence-corrected chi connectivity index (χ3v) is 1.84. The average molecular weight is 252 g/mol. The first-order valence-electron chi connectivity index (χ1n) is 4.22. The predicted octanol–water partition coefficient (Wildman–Crippen LogP) is 2.81. The van der Waals surface area contributed by atoms with Crippen LogP contribution in [0.3, 0.4) is 0 Å². The molecule has 0 atom stereocenters. The molecule has 0 saturated heterocycles. The highest BCUT2D eigenvalue weighted by Gasteiger charge is 2.38. The number of alkyl halides is 5. The minimum Gasteiger partial charge on any atom is -0.505 e. The van der Waals surface area contributed by atoms with Gasteiger partial charge in [0.1, 0.15) is 0 Å². The summed E-state index contributed by atoms with van der Waals surface area (Å²) in [4.78, 5) is 2.95. The molecule has 0 radical (unpaired) electrons. The summed E-state index contributed by atoms with van der Waals surface area (Å²) in [5.74, 6) is -1.60.